The number of hydrogen-bond acceptors (Lipinski definition) is 2. The van der Waals surface area contributed by atoms with Crippen LogP contribution in [-0.4, -0.2) is 18.3 Å². The molecule has 0 saturated heterocycles. The van der Waals surface area contributed by atoms with Gasteiger partial charge in [-0.2, -0.15) is 0 Å². The molecule has 1 saturated carbocycles. The van der Waals surface area contributed by atoms with Gasteiger partial charge < -0.3 is 5.32 Å². The van der Waals surface area contributed by atoms with Crippen LogP contribution in [0.1, 0.15) is 32.6 Å². The summed E-state index contributed by atoms with van der Waals surface area (Å²) in [7, 11) is 0. The fourth-order valence-corrected chi connectivity index (χ4v) is 3.85. The highest BCUT2D eigenvalue weighted by Crippen LogP contribution is 2.31. The molecule has 0 spiro atoms. The molecule has 1 aromatic carbocycles. The fourth-order valence-electron chi connectivity index (χ4n) is 2.72. The molecule has 0 heterocycles. The van der Waals surface area contributed by atoms with E-state index in [1.54, 1.807) is 23.9 Å². The van der Waals surface area contributed by atoms with Gasteiger partial charge in [-0.15, -0.1) is 11.8 Å². The zero-order valence-electron chi connectivity index (χ0n) is 11.0. The van der Waals surface area contributed by atoms with Crippen LogP contribution in [0.25, 0.3) is 0 Å². The smallest absolute Gasteiger partial charge is 0.136 e. The van der Waals surface area contributed by atoms with Crippen LogP contribution >= 0.6 is 11.8 Å². The van der Waals surface area contributed by atoms with Gasteiger partial charge in [-0.05, 0) is 37.4 Å². The van der Waals surface area contributed by atoms with Gasteiger partial charge in [0, 0.05) is 16.7 Å². The maximum Gasteiger partial charge on any atom is 0.136 e. The van der Waals surface area contributed by atoms with Gasteiger partial charge in [0.15, 0.2) is 0 Å². The van der Waals surface area contributed by atoms with E-state index in [0.717, 1.165) is 23.1 Å². The van der Waals surface area contributed by atoms with Crippen LogP contribution in [0.15, 0.2) is 29.2 Å². The lowest BCUT2D eigenvalue weighted by Crippen LogP contribution is -2.37. The zero-order valence-corrected chi connectivity index (χ0v) is 11.8. The van der Waals surface area contributed by atoms with Gasteiger partial charge in [0.1, 0.15) is 5.82 Å². The van der Waals surface area contributed by atoms with Gasteiger partial charge >= 0.3 is 0 Å². The molecule has 2 rings (SSSR count). The normalized spacial score (nSPS) is 18.1. The molecule has 1 N–H and O–H groups in total. The van der Waals surface area contributed by atoms with Crippen LogP contribution in [0.3, 0.4) is 0 Å². The van der Waals surface area contributed by atoms with Gasteiger partial charge in [0.05, 0.1) is 0 Å². The van der Waals surface area contributed by atoms with E-state index in [1.165, 1.54) is 25.7 Å². The highest BCUT2D eigenvalue weighted by Gasteiger charge is 2.24. The standard InChI is InChI=1S/C15H22FNS/c1-2-17-14(12-7-3-4-8-12)11-18-15-10-6-5-9-13(15)16/h5-6,9-10,12,14,17H,2-4,7-8,11H2,1H3. The van der Waals surface area contributed by atoms with Crippen molar-refractivity contribution in [1.29, 1.82) is 0 Å². The lowest BCUT2D eigenvalue weighted by molar-refractivity contribution is 0.394. The molecule has 1 unspecified atom stereocenters. The third-order valence-electron chi connectivity index (χ3n) is 3.69. The number of thioether (sulfide) groups is 1. The second-order valence-corrected chi connectivity index (χ2v) is 6.01. The molecule has 1 atom stereocenters. The highest BCUT2D eigenvalue weighted by atomic mass is 32.2. The van der Waals surface area contributed by atoms with Crippen molar-refractivity contribution < 1.29 is 4.39 Å². The molecular formula is C15H22FNS. The summed E-state index contributed by atoms with van der Waals surface area (Å²) in [4.78, 5) is 0.776. The van der Waals surface area contributed by atoms with Crippen LogP contribution in [0.5, 0.6) is 0 Å². The van der Waals surface area contributed by atoms with Gasteiger partial charge in [0.2, 0.25) is 0 Å². The van der Waals surface area contributed by atoms with E-state index in [4.69, 9.17) is 0 Å². The number of hydrogen-bond donors (Lipinski definition) is 1. The second-order valence-electron chi connectivity index (χ2n) is 4.95. The summed E-state index contributed by atoms with van der Waals surface area (Å²) in [6, 6.07) is 7.60. The lowest BCUT2D eigenvalue weighted by atomic mass is 10.00. The fraction of sp³-hybridized carbons (Fsp3) is 0.600. The highest BCUT2D eigenvalue weighted by molar-refractivity contribution is 7.99. The minimum atomic E-state index is -0.0934. The Morgan fingerprint density at radius 3 is 2.72 bits per heavy atom. The minimum Gasteiger partial charge on any atom is -0.313 e. The largest absolute Gasteiger partial charge is 0.313 e. The molecule has 1 aromatic rings. The van der Waals surface area contributed by atoms with Gasteiger partial charge in [0.25, 0.3) is 0 Å². The summed E-state index contributed by atoms with van der Waals surface area (Å²) >= 11 is 1.64. The van der Waals surface area contributed by atoms with Crippen molar-refractivity contribution in [2.75, 3.05) is 12.3 Å². The summed E-state index contributed by atoms with van der Waals surface area (Å²) < 4.78 is 13.6. The van der Waals surface area contributed by atoms with Crippen LogP contribution in [0, 0.1) is 11.7 Å². The van der Waals surface area contributed by atoms with E-state index in [-0.39, 0.29) is 5.82 Å². The van der Waals surface area contributed by atoms with E-state index in [9.17, 15) is 4.39 Å². The van der Waals surface area contributed by atoms with Gasteiger partial charge in [-0.25, -0.2) is 4.39 Å². The average Bonchev–Trinajstić information content (AvgIpc) is 2.90. The lowest BCUT2D eigenvalue weighted by Gasteiger charge is -2.24. The van der Waals surface area contributed by atoms with Crippen LogP contribution < -0.4 is 5.32 Å². The second kappa shape index (κ2) is 7.15. The first-order valence-electron chi connectivity index (χ1n) is 6.92. The first kappa shape index (κ1) is 13.9. The predicted octanol–water partition coefficient (Wildman–Crippen LogP) is 4.09. The van der Waals surface area contributed by atoms with Crippen molar-refractivity contribution in [3.8, 4) is 0 Å². The summed E-state index contributed by atoms with van der Waals surface area (Å²) in [5.74, 6) is 1.66. The van der Waals surface area contributed by atoms with Crippen LogP contribution in [0.2, 0.25) is 0 Å². The van der Waals surface area contributed by atoms with E-state index < -0.39 is 0 Å². The van der Waals surface area contributed by atoms with E-state index in [0.29, 0.717) is 6.04 Å². The van der Waals surface area contributed by atoms with Crippen molar-refractivity contribution in [2.45, 2.75) is 43.5 Å². The Labute approximate surface area is 114 Å². The molecule has 1 fully saturated rings. The van der Waals surface area contributed by atoms with E-state index >= 15 is 0 Å². The molecule has 0 amide bonds. The molecule has 18 heavy (non-hydrogen) atoms. The van der Waals surface area contributed by atoms with Crippen LogP contribution in [0.4, 0.5) is 4.39 Å². The molecule has 3 heteroatoms. The van der Waals surface area contributed by atoms with E-state index in [2.05, 4.69) is 12.2 Å². The van der Waals surface area contributed by atoms with Crippen molar-refractivity contribution in [3.63, 3.8) is 0 Å². The van der Waals surface area contributed by atoms with Crippen molar-refractivity contribution in [2.24, 2.45) is 5.92 Å². The van der Waals surface area contributed by atoms with Gasteiger partial charge in [-0.3, -0.25) is 0 Å². The quantitative estimate of drug-likeness (QED) is 0.779. The Hall–Kier alpha value is -0.540. The topological polar surface area (TPSA) is 12.0 Å². The summed E-state index contributed by atoms with van der Waals surface area (Å²) in [6.45, 7) is 3.15. The zero-order chi connectivity index (χ0) is 12.8. The minimum absolute atomic E-state index is 0.0934. The molecule has 0 aliphatic heterocycles. The molecule has 100 valence electrons. The van der Waals surface area contributed by atoms with Crippen molar-refractivity contribution >= 4 is 11.8 Å². The molecule has 0 bridgehead atoms. The van der Waals surface area contributed by atoms with Crippen molar-refractivity contribution in [1.82, 2.24) is 5.32 Å². The number of benzene rings is 1. The molecule has 0 aromatic heterocycles. The molecule has 1 nitrogen and oxygen atoms in total. The molecular weight excluding hydrogens is 245 g/mol. The maximum absolute atomic E-state index is 13.6. The first-order chi connectivity index (χ1) is 8.81. The Balaban J connectivity index is 1.91. The SMILES string of the molecule is CCNC(CSc1ccccc1F)C1CCCC1. The number of nitrogens with one attached hydrogen (secondary N) is 1. The molecule has 0 radical (unpaired) electrons. The Morgan fingerprint density at radius 1 is 1.33 bits per heavy atom. The third kappa shape index (κ3) is 3.72. The molecule has 1 aliphatic rings. The molecule has 1 aliphatic carbocycles. The maximum atomic E-state index is 13.6. The number of rotatable bonds is 6. The average molecular weight is 267 g/mol. The first-order valence-corrected chi connectivity index (χ1v) is 7.90. The monoisotopic (exact) mass is 267 g/mol. The predicted molar refractivity (Wildman–Crippen MR) is 76.5 cm³/mol. The summed E-state index contributed by atoms with van der Waals surface area (Å²) in [6.07, 6.45) is 5.37. The summed E-state index contributed by atoms with van der Waals surface area (Å²) in [5, 5.41) is 3.57. The Kier molecular flexibility index (Phi) is 5.51. The number of halogens is 1. The van der Waals surface area contributed by atoms with E-state index in [1.807, 2.05) is 12.1 Å². The Morgan fingerprint density at radius 2 is 2.06 bits per heavy atom. The van der Waals surface area contributed by atoms with Gasteiger partial charge in [-0.1, -0.05) is 31.9 Å². The third-order valence-corrected chi connectivity index (χ3v) is 4.86. The van der Waals surface area contributed by atoms with Crippen LogP contribution in [-0.2, 0) is 0 Å². The Bertz CT molecular complexity index is 363. The van der Waals surface area contributed by atoms with Crippen molar-refractivity contribution in [3.05, 3.63) is 30.1 Å². The summed E-state index contributed by atoms with van der Waals surface area (Å²) in [5.41, 5.74) is 0.